The van der Waals surface area contributed by atoms with Crippen LogP contribution in [-0.2, 0) is 4.74 Å². The van der Waals surface area contributed by atoms with E-state index in [1.165, 1.54) is 10.7 Å². The van der Waals surface area contributed by atoms with E-state index < -0.39 is 0 Å². The van der Waals surface area contributed by atoms with E-state index in [2.05, 4.69) is 20.3 Å². The largest absolute Gasteiger partial charge is 0.385 e. The molecule has 1 rings (SSSR count). The van der Waals surface area contributed by atoms with E-state index in [0.717, 1.165) is 13.0 Å². The van der Waals surface area contributed by atoms with Gasteiger partial charge in [-0.2, -0.15) is 4.98 Å². The lowest BCUT2D eigenvalue weighted by molar-refractivity contribution is 0.197. The van der Waals surface area contributed by atoms with E-state index in [0.29, 0.717) is 18.5 Å². The monoisotopic (exact) mass is 259 g/mol. The number of nitrogens with one attached hydrogen (secondary N) is 1. The average Bonchev–Trinajstić information content (AvgIpc) is 2.34. The Morgan fingerprint density at radius 2 is 2.24 bits per heavy atom. The van der Waals surface area contributed by atoms with Crippen LogP contribution in [0, 0.1) is 0 Å². The summed E-state index contributed by atoms with van der Waals surface area (Å²) in [5, 5.41) is 3.09. The van der Waals surface area contributed by atoms with Gasteiger partial charge in [-0.05, 0) is 20.3 Å². The number of ether oxygens (including phenoxy) is 1. The van der Waals surface area contributed by atoms with Gasteiger partial charge in [0.2, 0.25) is 11.9 Å². The topological polar surface area (TPSA) is 63.2 Å². The van der Waals surface area contributed by atoms with Gasteiger partial charge in [-0.15, -0.1) is 0 Å². The van der Waals surface area contributed by atoms with Gasteiger partial charge in [-0.3, -0.25) is 4.42 Å². The van der Waals surface area contributed by atoms with E-state index >= 15 is 0 Å². The van der Waals surface area contributed by atoms with Crippen molar-refractivity contribution in [2.24, 2.45) is 0 Å². The first-order chi connectivity index (χ1) is 8.15. The SMILES string of the molecule is COCCCNc1ncnc(N(Cl)C(C)C)n1. The van der Waals surface area contributed by atoms with Crippen molar-refractivity contribution in [2.45, 2.75) is 26.3 Å². The highest BCUT2D eigenvalue weighted by molar-refractivity contribution is 6.25. The van der Waals surface area contributed by atoms with E-state index in [4.69, 9.17) is 16.5 Å². The molecule has 0 fully saturated rings. The molecule has 0 unspecified atom stereocenters. The quantitative estimate of drug-likeness (QED) is 0.594. The number of nitrogens with zero attached hydrogens (tertiary/aromatic N) is 4. The van der Waals surface area contributed by atoms with Crippen molar-refractivity contribution in [3.8, 4) is 0 Å². The second-order valence-corrected chi connectivity index (χ2v) is 4.15. The predicted octanol–water partition coefficient (Wildman–Crippen LogP) is 1.69. The summed E-state index contributed by atoms with van der Waals surface area (Å²) in [5.41, 5.74) is 0. The number of aromatic nitrogens is 3. The van der Waals surface area contributed by atoms with Gasteiger partial charge in [0.15, 0.2) is 0 Å². The molecule has 1 aromatic heterocycles. The normalized spacial score (nSPS) is 10.6. The van der Waals surface area contributed by atoms with Crippen molar-refractivity contribution in [1.29, 1.82) is 0 Å². The van der Waals surface area contributed by atoms with Crippen LogP contribution in [0.25, 0.3) is 0 Å². The molecule has 0 radical (unpaired) electrons. The van der Waals surface area contributed by atoms with Crippen LogP contribution in [0.3, 0.4) is 0 Å². The third kappa shape index (κ3) is 4.70. The van der Waals surface area contributed by atoms with Crippen LogP contribution in [0.2, 0.25) is 0 Å². The standard InChI is InChI=1S/C10H18ClN5O/c1-8(2)16(11)10-14-7-13-9(15-10)12-5-4-6-17-3/h7-8H,4-6H2,1-3H3,(H,12,13,14,15). The van der Waals surface area contributed by atoms with Crippen molar-refractivity contribution in [3.63, 3.8) is 0 Å². The van der Waals surface area contributed by atoms with Gasteiger partial charge in [0.05, 0.1) is 0 Å². The summed E-state index contributed by atoms with van der Waals surface area (Å²) in [6, 6.07) is 0.125. The molecular weight excluding hydrogens is 242 g/mol. The van der Waals surface area contributed by atoms with Gasteiger partial charge < -0.3 is 10.1 Å². The predicted molar refractivity (Wildman–Crippen MR) is 68.3 cm³/mol. The van der Waals surface area contributed by atoms with E-state index in [1.807, 2.05) is 13.8 Å². The highest BCUT2D eigenvalue weighted by atomic mass is 35.5. The number of halogens is 1. The molecule has 0 aromatic carbocycles. The molecule has 0 amide bonds. The maximum Gasteiger partial charge on any atom is 0.245 e. The second-order valence-electron chi connectivity index (χ2n) is 3.79. The van der Waals surface area contributed by atoms with Gasteiger partial charge in [0, 0.05) is 38.1 Å². The fourth-order valence-corrected chi connectivity index (χ4v) is 1.20. The van der Waals surface area contributed by atoms with Crippen LogP contribution >= 0.6 is 11.8 Å². The van der Waals surface area contributed by atoms with E-state index in [9.17, 15) is 0 Å². The Balaban J connectivity index is 2.53. The molecule has 96 valence electrons. The van der Waals surface area contributed by atoms with E-state index in [1.54, 1.807) is 7.11 Å². The number of rotatable bonds is 7. The minimum atomic E-state index is 0.125. The molecule has 17 heavy (non-hydrogen) atoms. The first kappa shape index (κ1) is 13.9. The van der Waals surface area contributed by atoms with Gasteiger partial charge in [0.25, 0.3) is 0 Å². The Labute approximate surface area is 106 Å². The van der Waals surface area contributed by atoms with Crippen LogP contribution in [0.5, 0.6) is 0 Å². The Morgan fingerprint density at radius 1 is 1.47 bits per heavy atom. The molecule has 1 heterocycles. The smallest absolute Gasteiger partial charge is 0.245 e. The molecule has 0 spiro atoms. The summed E-state index contributed by atoms with van der Waals surface area (Å²) in [4.78, 5) is 12.2. The first-order valence-electron chi connectivity index (χ1n) is 5.52. The number of methoxy groups -OCH3 is 1. The van der Waals surface area contributed by atoms with Crippen LogP contribution in [0.1, 0.15) is 20.3 Å². The number of anilines is 2. The molecule has 6 nitrogen and oxygen atoms in total. The molecule has 0 saturated carbocycles. The Morgan fingerprint density at radius 3 is 2.88 bits per heavy atom. The van der Waals surface area contributed by atoms with Gasteiger partial charge in [-0.25, -0.2) is 9.97 Å². The molecule has 0 aliphatic carbocycles. The second kappa shape index (κ2) is 7.24. The molecular formula is C10H18ClN5O. The Kier molecular flexibility index (Phi) is 5.93. The summed E-state index contributed by atoms with van der Waals surface area (Å²) in [7, 11) is 1.68. The molecule has 0 bridgehead atoms. The molecule has 7 heteroatoms. The van der Waals surface area contributed by atoms with Crippen molar-refractivity contribution in [1.82, 2.24) is 15.0 Å². The Bertz CT molecular complexity index is 336. The van der Waals surface area contributed by atoms with Crippen molar-refractivity contribution >= 4 is 23.7 Å². The zero-order valence-electron chi connectivity index (χ0n) is 10.4. The highest BCUT2D eigenvalue weighted by Crippen LogP contribution is 2.14. The fraction of sp³-hybridized carbons (Fsp3) is 0.700. The molecule has 1 aromatic rings. The maximum atomic E-state index is 6.03. The van der Waals surface area contributed by atoms with Crippen molar-refractivity contribution in [2.75, 3.05) is 30.0 Å². The minimum absolute atomic E-state index is 0.125. The number of hydrogen-bond donors (Lipinski definition) is 1. The van der Waals surface area contributed by atoms with Gasteiger partial charge in [0.1, 0.15) is 6.33 Å². The molecule has 0 aliphatic rings. The first-order valence-corrected chi connectivity index (χ1v) is 5.85. The zero-order valence-corrected chi connectivity index (χ0v) is 11.1. The van der Waals surface area contributed by atoms with Crippen molar-refractivity contribution in [3.05, 3.63) is 6.33 Å². The third-order valence-corrected chi connectivity index (χ3v) is 2.55. The molecule has 1 N–H and O–H groups in total. The van der Waals surface area contributed by atoms with Gasteiger partial charge in [-0.1, -0.05) is 0 Å². The summed E-state index contributed by atoms with van der Waals surface area (Å²) >= 11 is 6.03. The summed E-state index contributed by atoms with van der Waals surface area (Å²) in [6.07, 6.45) is 2.34. The lowest BCUT2D eigenvalue weighted by Crippen LogP contribution is -2.22. The summed E-state index contributed by atoms with van der Waals surface area (Å²) in [5.74, 6) is 0.975. The lowest BCUT2D eigenvalue weighted by Gasteiger charge is -2.17. The highest BCUT2D eigenvalue weighted by Gasteiger charge is 2.11. The van der Waals surface area contributed by atoms with Gasteiger partial charge >= 0.3 is 0 Å². The maximum absolute atomic E-state index is 6.03. The Hall–Kier alpha value is -1.14. The molecule has 0 atom stereocenters. The molecule has 0 aliphatic heterocycles. The van der Waals surface area contributed by atoms with Crippen LogP contribution in [-0.4, -0.2) is 41.3 Å². The van der Waals surface area contributed by atoms with E-state index in [-0.39, 0.29) is 6.04 Å². The van der Waals surface area contributed by atoms with Crippen LogP contribution < -0.4 is 9.74 Å². The third-order valence-electron chi connectivity index (χ3n) is 2.01. The zero-order chi connectivity index (χ0) is 12.7. The van der Waals surface area contributed by atoms with Crippen molar-refractivity contribution < 1.29 is 4.74 Å². The lowest BCUT2D eigenvalue weighted by atomic mass is 10.4. The fourth-order valence-electron chi connectivity index (χ4n) is 1.12. The average molecular weight is 260 g/mol. The summed E-state index contributed by atoms with van der Waals surface area (Å²) < 4.78 is 6.42. The van der Waals surface area contributed by atoms with Crippen LogP contribution in [0.15, 0.2) is 6.33 Å². The summed E-state index contributed by atoms with van der Waals surface area (Å²) in [6.45, 7) is 5.38. The molecule has 0 saturated heterocycles. The van der Waals surface area contributed by atoms with Crippen LogP contribution in [0.4, 0.5) is 11.9 Å². The number of hydrogen-bond acceptors (Lipinski definition) is 6. The minimum Gasteiger partial charge on any atom is -0.385 e.